The standard InChI is InChI=1S/C21H33N3O4/c1-5-13-26-21(22-16(4)9-8-12-24(6-2)7-3)23-20(25)17-10-11-18-19(14-17)28-15-27-18/h10-11,14,16H,5-9,12-13,15H2,1-4H3,(H,22,23,25)/p+1/t16-/m1/s1. The molecule has 1 aromatic rings. The molecule has 28 heavy (non-hydrogen) atoms. The lowest BCUT2D eigenvalue weighted by atomic mass is 10.2. The van der Waals surface area contributed by atoms with Crippen LogP contribution in [0.2, 0.25) is 0 Å². The molecule has 1 heterocycles. The number of quaternary nitrogens is 1. The highest BCUT2D eigenvalue weighted by molar-refractivity contribution is 6.04. The summed E-state index contributed by atoms with van der Waals surface area (Å²) in [6.07, 6.45) is 2.90. The van der Waals surface area contributed by atoms with Gasteiger partial charge in [-0.15, -0.1) is 0 Å². The van der Waals surface area contributed by atoms with Crippen LogP contribution in [0, 0.1) is 0 Å². The van der Waals surface area contributed by atoms with Crippen molar-refractivity contribution in [2.75, 3.05) is 33.0 Å². The maximum atomic E-state index is 12.6. The van der Waals surface area contributed by atoms with Crippen molar-refractivity contribution in [2.45, 2.75) is 53.0 Å². The Balaban J connectivity index is 1.95. The maximum Gasteiger partial charge on any atom is 0.291 e. The first-order valence-electron chi connectivity index (χ1n) is 10.3. The Hall–Kier alpha value is -2.28. The van der Waals surface area contributed by atoms with Crippen LogP contribution in [-0.4, -0.2) is 51.0 Å². The van der Waals surface area contributed by atoms with Crippen LogP contribution in [0.15, 0.2) is 23.2 Å². The molecule has 1 atom stereocenters. The van der Waals surface area contributed by atoms with Crippen molar-refractivity contribution in [3.8, 4) is 11.5 Å². The van der Waals surface area contributed by atoms with E-state index in [2.05, 4.69) is 31.1 Å². The van der Waals surface area contributed by atoms with Crippen molar-refractivity contribution < 1.29 is 23.9 Å². The topological polar surface area (TPSA) is 73.6 Å². The summed E-state index contributed by atoms with van der Waals surface area (Å²) in [4.78, 5) is 18.8. The third-order valence-electron chi connectivity index (χ3n) is 4.79. The van der Waals surface area contributed by atoms with E-state index in [0.29, 0.717) is 23.7 Å². The van der Waals surface area contributed by atoms with E-state index < -0.39 is 0 Å². The van der Waals surface area contributed by atoms with Crippen molar-refractivity contribution in [3.63, 3.8) is 0 Å². The average Bonchev–Trinajstić information content (AvgIpc) is 3.17. The summed E-state index contributed by atoms with van der Waals surface area (Å²) in [7, 11) is 0. The highest BCUT2D eigenvalue weighted by atomic mass is 16.7. The first-order valence-corrected chi connectivity index (χ1v) is 10.3. The number of benzene rings is 1. The van der Waals surface area contributed by atoms with Gasteiger partial charge in [-0.05, 0) is 58.2 Å². The zero-order valence-electron chi connectivity index (χ0n) is 17.5. The minimum atomic E-state index is -0.270. The quantitative estimate of drug-likeness (QED) is 0.472. The lowest BCUT2D eigenvalue weighted by Gasteiger charge is -2.16. The number of amides is 1. The smallest absolute Gasteiger partial charge is 0.291 e. The Labute approximate surface area is 168 Å². The number of fused-ring (bicyclic) bond motifs is 1. The molecular formula is C21H34N3O4+. The molecule has 1 aromatic carbocycles. The molecule has 0 saturated heterocycles. The molecule has 0 aliphatic carbocycles. The molecule has 0 fully saturated rings. The molecule has 1 aliphatic heterocycles. The van der Waals surface area contributed by atoms with Crippen molar-refractivity contribution in [3.05, 3.63) is 23.8 Å². The first-order chi connectivity index (χ1) is 13.6. The van der Waals surface area contributed by atoms with Crippen LogP contribution >= 0.6 is 0 Å². The number of rotatable bonds is 10. The van der Waals surface area contributed by atoms with E-state index in [1.165, 1.54) is 0 Å². The van der Waals surface area contributed by atoms with Crippen LogP contribution in [0.4, 0.5) is 0 Å². The molecule has 0 saturated carbocycles. The number of ether oxygens (including phenoxy) is 3. The number of carbonyl (C=O) groups excluding carboxylic acids is 1. The van der Waals surface area contributed by atoms with Gasteiger partial charge in [-0.1, -0.05) is 6.92 Å². The van der Waals surface area contributed by atoms with Crippen LogP contribution in [0.1, 0.15) is 57.3 Å². The van der Waals surface area contributed by atoms with E-state index in [1.807, 2.05) is 6.92 Å². The molecule has 2 N–H and O–H groups in total. The number of hydrogen-bond acceptors (Lipinski definition) is 5. The van der Waals surface area contributed by atoms with Crippen LogP contribution < -0.4 is 19.7 Å². The zero-order chi connectivity index (χ0) is 20.4. The van der Waals surface area contributed by atoms with Gasteiger partial charge in [0.15, 0.2) is 11.5 Å². The predicted octanol–water partition coefficient (Wildman–Crippen LogP) is 2.02. The molecule has 0 aromatic heterocycles. The molecule has 7 nitrogen and oxygen atoms in total. The summed E-state index contributed by atoms with van der Waals surface area (Å²) in [5.41, 5.74) is 0.481. The van der Waals surface area contributed by atoms with Gasteiger partial charge in [0.1, 0.15) is 0 Å². The van der Waals surface area contributed by atoms with E-state index in [1.54, 1.807) is 23.1 Å². The second-order valence-electron chi connectivity index (χ2n) is 7.00. The number of nitrogens with one attached hydrogen (secondary N) is 2. The fourth-order valence-corrected chi connectivity index (χ4v) is 3.03. The van der Waals surface area contributed by atoms with Crippen LogP contribution in [-0.2, 0) is 4.74 Å². The van der Waals surface area contributed by atoms with Gasteiger partial charge in [0.05, 0.1) is 32.3 Å². The lowest BCUT2D eigenvalue weighted by Crippen LogP contribution is -3.11. The van der Waals surface area contributed by atoms with E-state index in [9.17, 15) is 4.79 Å². The predicted molar refractivity (Wildman–Crippen MR) is 109 cm³/mol. The highest BCUT2D eigenvalue weighted by Crippen LogP contribution is 2.32. The molecule has 0 spiro atoms. The molecule has 7 heteroatoms. The van der Waals surface area contributed by atoms with E-state index in [0.717, 1.165) is 38.9 Å². The second-order valence-corrected chi connectivity index (χ2v) is 7.00. The number of carbonyl (C=O) groups is 1. The first kappa shape index (κ1) is 22.0. The van der Waals surface area contributed by atoms with Crippen molar-refractivity contribution in [2.24, 2.45) is 4.99 Å². The van der Waals surface area contributed by atoms with Gasteiger partial charge in [-0.3, -0.25) is 10.1 Å². The van der Waals surface area contributed by atoms with Crippen LogP contribution in [0.3, 0.4) is 0 Å². The molecular weight excluding hydrogens is 358 g/mol. The number of amidine groups is 1. The van der Waals surface area contributed by atoms with E-state index in [4.69, 9.17) is 14.2 Å². The fraction of sp³-hybridized carbons (Fsp3) is 0.619. The lowest BCUT2D eigenvalue weighted by molar-refractivity contribution is -0.896. The van der Waals surface area contributed by atoms with Gasteiger partial charge in [0, 0.05) is 5.56 Å². The zero-order valence-corrected chi connectivity index (χ0v) is 17.5. The normalized spacial score (nSPS) is 14.2. The Morgan fingerprint density at radius 1 is 1.25 bits per heavy atom. The third-order valence-corrected chi connectivity index (χ3v) is 4.79. The molecule has 0 unspecified atom stereocenters. The fourth-order valence-electron chi connectivity index (χ4n) is 3.03. The minimum Gasteiger partial charge on any atom is -0.465 e. The van der Waals surface area contributed by atoms with Gasteiger partial charge in [0.25, 0.3) is 11.9 Å². The molecule has 0 bridgehead atoms. The Bertz CT molecular complexity index is 659. The van der Waals surface area contributed by atoms with Crippen molar-refractivity contribution in [1.29, 1.82) is 0 Å². The summed E-state index contributed by atoms with van der Waals surface area (Å²) in [6, 6.07) is 5.48. The summed E-state index contributed by atoms with van der Waals surface area (Å²) < 4.78 is 16.3. The van der Waals surface area contributed by atoms with E-state index >= 15 is 0 Å². The van der Waals surface area contributed by atoms with Gasteiger partial charge in [-0.25, -0.2) is 4.99 Å². The van der Waals surface area contributed by atoms with Gasteiger partial charge >= 0.3 is 0 Å². The molecule has 1 aliphatic rings. The third kappa shape index (κ3) is 6.71. The maximum absolute atomic E-state index is 12.6. The average molecular weight is 393 g/mol. The minimum absolute atomic E-state index is 0.0823. The summed E-state index contributed by atoms with van der Waals surface area (Å²) >= 11 is 0. The van der Waals surface area contributed by atoms with Gasteiger partial charge in [-0.2, -0.15) is 0 Å². The van der Waals surface area contributed by atoms with Crippen LogP contribution in [0.25, 0.3) is 0 Å². The van der Waals surface area contributed by atoms with Crippen LogP contribution in [0.5, 0.6) is 11.5 Å². The Kier molecular flexibility index (Phi) is 9.07. The largest absolute Gasteiger partial charge is 0.465 e. The van der Waals surface area contributed by atoms with Gasteiger partial charge in [0.2, 0.25) is 6.79 Å². The SMILES string of the molecule is CCCOC(=N[C@H](C)CCC[NH+](CC)CC)NC(=O)c1ccc2c(c1)OCO2. The molecule has 2 rings (SSSR count). The van der Waals surface area contributed by atoms with Gasteiger partial charge < -0.3 is 19.1 Å². The number of nitrogens with zero attached hydrogens (tertiary/aromatic N) is 1. The molecule has 156 valence electrons. The Morgan fingerprint density at radius 2 is 2.00 bits per heavy atom. The second kappa shape index (κ2) is 11.5. The van der Waals surface area contributed by atoms with E-state index in [-0.39, 0.29) is 24.8 Å². The molecule has 0 radical (unpaired) electrons. The van der Waals surface area contributed by atoms with Crippen molar-refractivity contribution in [1.82, 2.24) is 5.32 Å². The number of hydrogen-bond donors (Lipinski definition) is 2. The number of aliphatic imine (C=N–C) groups is 1. The highest BCUT2D eigenvalue weighted by Gasteiger charge is 2.18. The summed E-state index contributed by atoms with van der Waals surface area (Å²) in [5.74, 6) is 0.956. The molecule has 1 amide bonds. The summed E-state index contributed by atoms with van der Waals surface area (Å²) in [6.45, 7) is 12.6. The summed E-state index contributed by atoms with van der Waals surface area (Å²) in [5, 5.41) is 2.80. The monoisotopic (exact) mass is 392 g/mol. The Morgan fingerprint density at radius 3 is 2.71 bits per heavy atom. The van der Waals surface area contributed by atoms with Crippen molar-refractivity contribution >= 4 is 11.9 Å².